The molecule has 2 aromatic carbocycles. The van der Waals surface area contributed by atoms with E-state index >= 15 is 0 Å². The third kappa shape index (κ3) is 3.42. The van der Waals surface area contributed by atoms with Gasteiger partial charge in [-0.2, -0.15) is 0 Å². The molecule has 1 aliphatic rings. The number of anilines is 1. The fourth-order valence-electron chi connectivity index (χ4n) is 2.81. The zero-order valence-electron chi connectivity index (χ0n) is 12.4. The van der Waals surface area contributed by atoms with Crippen molar-refractivity contribution in [2.45, 2.75) is 13.5 Å². The van der Waals surface area contributed by atoms with Crippen LogP contribution in [0.25, 0.3) is 0 Å². The molecule has 3 rings (SSSR count). The molecule has 110 valence electrons. The summed E-state index contributed by atoms with van der Waals surface area (Å²) >= 11 is 0. The van der Waals surface area contributed by atoms with Crippen LogP contribution in [0.4, 0.5) is 10.1 Å². The molecule has 0 spiro atoms. The Labute approximate surface area is 125 Å². The molecule has 21 heavy (non-hydrogen) atoms. The number of benzene rings is 2. The minimum absolute atomic E-state index is 0.121. The SMILES string of the molecule is Cc1ccc(CN2CCN(c3ccccc3F)CC2)cc1. The molecule has 0 bridgehead atoms. The highest BCUT2D eigenvalue weighted by Gasteiger charge is 2.19. The van der Waals surface area contributed by atoms with Crippen molar-refractivity contribution in [3.8, 4) is 0 Å². The molecule has 0 saturated carbocycles. The summed E-state index contributed by atoms with van der Waals surface area (Å²) in [7, 11) is 0. The lowest BCUT2D eigenvalue weighted by Gasteiger charge is -2.36. The summed E-state index contributed by atoms with van der Waals surface area (Å²) in [4.78, 5) is 4.57. The first-order valence-electron chi connectivity index (χ1n) is 7.50. The molecule has 1 heterocycles. The normalized spacial score (nSPS) is 16.2. The summed E-state index contributed by atoms with van der Waals surface area (Å²) in [6.07, 6.45) is 0. The molecule has 2 aromatic rings. The molecule has 2 nitrogen and oxygen atoms in total. The van der Waals surface area contributed by atoms with Crippen molar-refractivity contribution in [3.05, 3.63) is 65.5 Å². The minimum atomic E-state index is -0.121. The first-order chi connectivity index (χ1) is 10.2. The maximum atomic E-state index is 13.8. The van der Waals surface area contributed by atoms with Gasteiger partial charge in [-0.05, 0) is 24.6 Å². The van der Waals surface area contributed by atoms with Crippen molar-refractivity contribution in [3.63, 3.8) is 0 Å². The quantitative estimate of drug-likeness (QED) is 0.851. The van der Waals surface area contributed by atoms with Crippen LogP contribution in [0.2, 0.25) is 0 Å². The number of hydrogen-bond acceptors (Lipinski definition) is 2. The molecule has 0 radical (unpaired) electrons. The number of hydrogen-bond donors (Lipinski definition) is 0. The highest BCUT2D eigenvalue weighted by atomic mass is 19.1. The predicted molar refractivity (Wildman–Crippen MR) is 85.1 cm³/mol. The van der Waals surface area contributed by atoms with Crippen molar-refractivity contribution in [2.75, 3.05) is 31.1 Å². The van der Waals surface area contributed by atoms with Gasteiger partial charge in [0.2, 0.25) is 0 Å². The van der Waals surface area contributed by atoms with E-state index in [0.717, 1.165) is 38.4 Å². The van der Waals surface area contributed by atoms with Gasteiger partial charge in [0, 0.05) is 32.7 Å². The second-order valence-corrected chi connectivity index (χ2v) is 5.70. The number of halogens is 1. The molecule has 0 aliphatic carbocycles. The van der Waals surface area contributed by atoms with E-state index in [9.17, 15) is 4.39 Å². The molecule has 0 atom stereocenters. The summed E-state index contributed by atoms with van der Waals surface area (Å²) < 4.78 is 13.8. The van der Waals surface area contributed by atoms with E-state index in [-0.39, 0.29) is 5.82 Å². The average Bonchev–Trinajstić information content (AvgIpc) is 2.51. The van der Waals surface area contributed by atoms with Crippen LogP contribution in [-0.2, 0) is 6.54 Å². The van der Waals surface area contributed by atoms with E-state index in [1.54, 1.807) is 6.07 Å². The van der Waals surface area contributed by atoms with Gasteiger partial charge in [0.25, 0.3) is 0 Å². The lowest BCUT2D eigenvalue weighted by molar-refractivity contribution is 0.249. The second kappa shape index (κ2) is 6.27. The average molecular weight is 284 g/mol. The number of para-hydroxylation sites is 1. The van der Waals surface area contributed by atoms with Crippen LogP contribution in [0.5, 0.6) is 0 Å². The summed E-state index contributed by atoms with van der Waals surface area (Å²) in [6.45, 7) is 6.80. The Morgan fingerprint density at radius 3 is 2.24 bits per heavy atom. The minimum Gasteiger partial charge on any atom is -0.367 e. The van der Waals surface area contributed by atoms with Crippen LogP contribution in [0, 0.1) is 12.7 Å². The van der Waals surface area contributed by atoms with E-state index < -0.39 is 0 Å². The molecule has 1 fully saturated rings. The molecule has 0 unspecified atom stereocenters. The fourth-order valence-corrected chi connectivity index (χ4v) is 2.81. The van der Waals surface area contributed by atoms with Gasteiger partial charge in [0.15, 0.2) is 0 Å². The zero-order valence-corrected chi connectivity index (χ0v) is 12.4. The van der Waals surface area contributed by atoms with Crippen LogP contribution < -0.4 is 4.90 Å². The molecule has 0 N–H and O–H groups in total. The van der Waals surface area contributed by atoms with Crippen molar-refractivity contribution in [2.24, 2.45) is 0 Å². The lowest BCUT2D eigenvalue weighted by atomic mass is 10.1. The zero-order chi connectivity index (χ0) is 14.7. The van der Waals surface area contributed by atoms with Crippen molar-refractivity contribution < 1.29 is 4.39 Å². The third-order valence-electron chi connectivity index (χ3n) is 4.09. The van der Waals surface area contributed by atoms with E-state index in [4.69, 9.17) is 0 Å². The molecule has 0 amide bonds. The molecular formula is C18H21FN2. The van der Waals surface area contributed by atoms with E-state index in [0.29, 0.717) is 0 Å². The molecule has 3 heteroatoms. The Hall–Kier alpha value is -1.87. The maximum absolute atomic E-state index is 13.8. The fraction of sp³-hybridized carbons (Fsp3) is 0.333. The number of piperazine rings is 1. The van der Waals surface area contributed by atoms with Crippen molar-refractivity contribution in [1.82, 2.24) is 4.90 Å². The van der Waals surface area contributed by atoms with Crippen molar-refractivity contribution >= 4 is 5.69 Å². The van der Waals surface area contributed by atoms with E-state index in [1.807, 2.05) is 12.1 Å². The highest BCUT2D eigenvalue weighted by molar-refractivity contribution is 5.48. The van der Waals surface area contributed by atoms with Crippen LogP contribution in [0.3, 0.4) is 0 Å². The van der Waals surface area contributed by atoms with Gasteiger partial charge in [-0.25, -0.2) is 4.39 Å². The Kier molecular flexibility index (Phi) is 4.20. The van der Waals surface area contributed by atoms with Gasteiger partial charge in [-0.3, -0.25) is 4.90 Å². The number of aryl methyl sites for hydroxylation is 1. The monoisotopic (exact) mass is 284 g/mol. The lowest BCUT2D eigenvalue weighted by Crippen LogP contribution is -2.46. The van der Waals surface area contributed by atoms with E-state index in [2.05, 4.69) is 41.0 Å². The Morgan fingerprint density at radius 2 is 1.57 bits per heavy atom. The Balaban J connectivity index is 1.58. The summed E-state index contributed by atoms with van der Waals surface area (Å²) in [5.74, 6) is -0.121. The molecule has 1 saturated heterocycles. The van der Waals surface area contributed by atoms with Gasteiger partial charge in [0.1, 0.15) is 5.82 Å². The maximum Gasteiger partial charge on any atom is 0.146 e. The molecule has 1 aliphatic heterocycles. The van der Waals surface area contributed by atoms with Crippen LogP contribution in [-0.4, -0.2) is 31.1 Å². The standard InChI is InChI=1S/C18H21FN2/c1-15-6-8-16(9-7-15)14-20-10-12-21(13-11-20)18-5-3-2-4-17(18)19/h2-9H,10-14H2,1H3. The number of rotatable bonds is 3. The largest absolute Gasteiger partial charge is 0.367 e. The first-order valence-corrected chi connectivity index (χ1v) is 7.50. The van der Waals surface area contributed by atoms with Crippen LogP contribution in [0.1, 0.15) is 11.1 Å². The van der Waals surface area contributed by atoms with Gasteiger partial charge in [-0.1, -0.05) is 42.0 Å². The third-order valence-corrected chi connectivity index (χ3v) is 4.09. The van der Waals surface area contributed by atoms with Gasteiger partial charge in [-0.15, -0.1) is 0 Å². The summed E-state index contributed by atoms with van der Waals surface area (Å²) in [5.41, 5.74) is 3.37. The van der Waals surface area contributed by atoms with Crippen molar-refractivity contribution in [1.29, 1.82) is 0 Å². The summed E-state index contributed by atoms with van der Waals surface area (Å²) in [5, 5.41) is 0. The van der Waals surface area contributed by atoms with Crippen LogP contribution >= 0.6 is 0 Å². The Bertz CT molecular complexity index is 586. The summed E-state index contributed by atoms with van der Waals surface area (Å²) in [6, 6.07) is 15.7. The molecule has 0 aromatic heterocycles. The van der Waals surface area contributed by atoms with E-state index in [1.165, 1.54) is 17.2 Å². The molecular weight excluding hydrogens is 263 g/mol. The predicted octanol–water partition coefficient (Wildman–Crippen LogP) is 3.46. The van der Waals surface area contributed by atoms with Gasteiger partial charge in [0.05, 0.1) is 5.69 Å². The topological polar surface area (TPSA) is 6.48 Å². The first kappa shape index (κ1) is 14.1. The van der Waals surface area contributed by atoms with Gasteiger partial charge >= 0.3 is 0 Å². The smallest absolute Gasteiger partial charge is 0.146 e. The second-order valence-electron chi connectivity index (χ2n) is 5.70. The Morgan fingerprint density at radius 1 is 0.905 bits per heavy atom. The van der Waals surface area contributed by atoms with Gasteiger partial charge < -0.3 is 4.90 Å². The number of nitrogens with zero attached hydrogens (tertiary/aromatic N) is 2. The highest BCUT2D eigenvalue weighted by Crippen LogP contribution is 2.20. The van der Waals surface area contributed by atoms with Crippen LogP contribution in [0.15, 0.2) is 48.5 Å².